The van der Waals surface area contributed by atoms with E-state index >= 15 is 0 Å². The number of rotatable bonds is 5. The van der Waals surface area contributed by atoms with Crippen LogP contribution in [0, 0.1) is 23.2 Å². The number of fused-ring (bicyclic) bond motifs is 3. The minimum atomic E-state index is -0.587. The number of hydrogen-bond acceptors (Lipinski definition) is 4. The van der Waals surface area contributed by atoms with Gasteiger partial charge in [0.2, 0.25) is 0 Å². The normalized spacial score (nSPS) is 43.7. The van der Waals surface area contributed by atoms with Crippen LogP contribution in [-0.2, 0) is 0 Å². The van der Waals surface area contributed by atoms with E-state index < -0.39 is 5.72 Å². The third-order valence-corrected chi connectivity index (χ3v) is 11.5. The van der Waals surface area contributed by atoms with Crippen LogP contribution in [0.15, 0.2) is 24.3 Å². The van der Waals surface area contributed by atoms with E-state index in [4.69, 9.17) is 0 Å². The number of benzene rings is 1. The Morgan fingerprint density at radius 3 is 2.47 bits per heavy atom. The van der Waals surface area contributed by atoms with Crippen LogP contribution in [0.2, 0.25) is 0 Å². The van der Waals surface area contributed by atoms with Gasteiger partial charge in [-0.2, -0.15) is 0 Å². The molecule has 3 saturated carbocycles. The molecule has 6 fully saturated rings. The second-order valence-electron chi connectivity index (χ2n) is 13.0. The first kappa shape index (κ1) is 22.0. The molecule has 1 aromatic rings. The quantitative estimate of drug-likeness (QED) is 0.463. The van der Waals surface area contributed by atoms with Gasteiger partial charge in [0.05, 0.1) is 0 Å². The molecule has 0 bridgehead atoms. The van der Waals surface area contributed by atoms with Gasteiger partial charge in [-0.15, -0.1) is 0 Å². The molecule has 1 aromatic carbocycles. The van der Waals surface area contributed by atoms with Crippen molar-refractivity contribution in [2.24, 2.45) is 23.2 Å². The Morgan fingerprint density at radius 1 is 0.971 bits per heavy atom. The van der Waals surface area contributed by atoms with E-state index in [-0.39, 0.29) is 0 Å². The molecule has 0 aromatic heterocycles. The number of carbonyl (C=O) groups excluding carboxylic acids is 1. The summed E-state index contributed by atoms with van der Waals surface area (Å²) >= 11 is 0. The summed E-state index contributed by atoms with van der Waals surface area (Å²) < 4.78 is 0. The fourth-order valence-electron chi connectivity index (χ4n) is 9.86. The van der Waals surface area contributed by atoms with Crippen molar-refractivity contribution in [3.05, 3.63) is 35.4 Å². The van der Waals surface area contributed by atoms with Crippen molar-refractivity contribution in [1.82, 2.24) is 10.2 Å². The summed E-state index contributed by atoms with van der Waals surface area (Å²) in [5.41, 5.74) is 2.13. The van der Waals surface area contributed by atoms with Gasteiger partial charge in [0.1, 0.15) is 12.0 Å². The summed E-state index contributed by atoms with van der Waals surface area (Å²) in [4.78, 5) is 13.7. The van der Waals surface area contributed by atoms with Crippen LogP contribution < -0.4 is 5.32 Å². The lowest BCUT2D eigenvalue weighted by atomic mass is 9.72. The lowest BCUT2D eigenvalue weighted by Gasteiger charge is -2.44. The maximum Gasteiger partial charge on any atom is 0.150 e. The molecular weight excluding hydrogens is 420 g/mol. The second kappa shape index (κ2) is 8.15. The first-order chi connectivity index (χ1) is 16.6. The van der Waals surface area contributed by atoms with Crippen LogP contribution in [0.25, 0.3) is 0 Å². The minimum absolute atomic E-state index is 0.357. The highest BCUT2D eigenvalue weighted by Crippen LogP contribution is 2.60. The average molecular weight is 463 g/mol. The van der Waals surface area contributed by atoms with E-state index in [1.807, 2.05) is 12.1 Å². The summed E-state index contributed by atoms with van der Waals surface area (Å²) in [6.45, 7) is 0.857. The molecule has 2 N–H and O–H groups in total. The number of hydrogen-bond donors (Lipinski definition) is 2. The summed E-state index contributed by atoms with van der Waals surface area (Å²) in [7, 11) is 0. The number of nitrogens with one attached hydrogen (secondary N) is 1. The van der Waals surface area contributed by atoms with Crippen LogP contribution >= 0.6 is 0 Å². The van der Waals surface area contributed by atoms with Crippen LogP contribution in [-0.4, -0.2) is 46.7 Å². The molecule has 3 saturated heterocycles. The molecular formula is C30H42N2O2. The van der Waals surface area contributed by atoms with E-state index in [0.717, 1.165) is 30.7 Å². The zero-order valence-electron chi connectivity index (χ0n) is 20.6. The van der Waals surface area contributed by atoms with Gasteiger partial charge in [-0.05, 0) is 80.6 Å². The molecule has 0 radical (unpaired) electrons. The Bertz CT molecular complexity index is 918. The molecule has 3 aliphatic carbocycles. The standard InChI is InChI=1S/C30H42N2O2/c33-18-20-7-9-22(10-8-20)27(21-5-1-2-6-21)26-17-24(30(34)19-32(26)30)25-12-11-23-13-16-29(28(23)31-25)14-3-4-15-29/h7-10,18,21,23-28,31,34H,1-6,11-17,19H2. The third kappa shape index (κ3) is 3.31. The molecule has 184 valence electrons. The molecule has 4 nitrogen and oxygen atoms in total. The number of aldehydes is 1. The van der Waals surface area contributed by atoms with Crippen molar-refractivity contribution in [3.8, 4) is 0 Å². The maximum atomic E-state index is 11.8. The SMILES string of the molecule is O=Cc1ccc(C(C2CCCC2)C2CC(C3CCC4CCC5(CCCC5)C4N3)C3(O)CN23)cc1. The predicted octanol–water partition coefficient (Wildman–Crippen LogP) is 5.26. The van der Waals surface area contributed by atoms with Gasteiger partial charge in [0, 0.05) is 42.1 Å². The number of aliphatic hydroxyl groups is 1. The molecule has 4 heteroatoms. The van der Waals surface area contributed by atoms with Gasteiger partial charge in [-0.25, -0.2) is 0 Å². The second-order valence-corrected chi connectivity index (χ2v) is 13.0. The van der Waals surface area contributed by atoms with Gasteiger partial charge in [-0.3, -0.25) is 9.69 Å². The third-order valence-electron chi connectivity index (χ3n) is 11.5. The van der Waals surface area contributed by atoms with E-state index in [2.05, 4.69) is 22.3 Å². The maximum absolute atomic E-state index is 11.8. The van der Waals surface area contributed by atoms with Crippen molar-refractivity contribution in [2.45, 2.75) is 113 Å². The Labute approximate surface area is 204 Å². The Hall–Kier alpha value is -1.23. The predicted molar refractivity (Wildman–Crippen MR) is 134 cm³/mol. The van der Waals surface area contributed by atoms with E-state index in [0.29, 0.717) is 41.3 Å². The van der Waals surface area contributed by atoms with Crippen molar-refractivity contribution >= 4 is 6.29 Å². The molecule has 7 rings (SSSR count). The van der Waals surface area contributed by atoms with Gasteiger partial charge in [0.15, 0.2) is 0 Å². The van der Waals surface area contributed by atoms with Crippen molar-refractivity contribution in [3.63, 3.8) is 0 Å². The molecule has 3 heterocycles. The van der Waals surface area contributed by atoms with Crippen molar-refractivity contribution < 1.29 is 9.90 Å². The Kier molecular flexibility index (Phi) is 5.27. The summed E-state index contributed by atoms with van der Waals surface area (Å²) in [5.74, 6) is 2.41. The highest BCUT2D eigenvalue weighted by Gasteiger charge is 2.68. The zero-order chi connectivity index (χ0) is 22.9. The molecule has 3 aliphatic heterocycles. The first-order valence-corrected chi connectivity index (χ1v) is 14.4. The highest BCUT2D eigenvalue weighted by molar-refractivity contribution is 5.74. The number of carbonyl (C=O) groups is 1. The number of piperidine rings is 2. The number of nitrogens with zero attached hydrogens (tertiary/aromatic N) is 1. The van der Waals surface area contributed by atoms with Gasteiger partial charge >= 0.3 is 0 Å². The van der Waals surface area contributed by atoms with Crippen molar-refractivity contribution in [1.29, 1.82) is 0 Å². The van der Waals surface area contributed by atoms with Gasteiger partial charge in [0.25, 0.3) is 0 Å². The summed E-state index contributed by atoms with van der Waals surface area (Å²) in [6, 6.07) is 10.00. The molecule has 0 amide bonds. The smallest absolute Gasteiger partial charge is 0.150 e. The van der Waals surface area contributed by atoms with Crippen LogP contribution in [0.3, 0.4) is 0 Å². The lowest BCUT2D eigenvalue weighted by molar-refractivity contribution is 0.0240. The minimum Gasteiger partial charge on any atom is -0.374 e. The zero-order valence-corrected chi connectivity index (χ0v) is 20.6. The van der Waals surface area contributed by atoms with E-state index in [1.54, 1.807) is 0 Å². The molecule has 8 unspecified atom stereocenters. The summed E-state index contributed by atoms with van der Waals surface area (Å²) in [5, 5.41) is 16.0. The van der Waals surface area contributed by atoms with Gasteiger partial charge < -0.3 is 10.4 Å². The molecule has 8 atom stereocenters. The fourth-order valence-corrected chi connectivity index (χ4v) is 9.86. The van der Waals surface area contributed by atoms with Crippen molar-refractivity contribution in [2.75, 3.05) is 6.54 Å². The molecule has 1 spiro atoms. The Morgan fingerprint density at radius 2 is 1.74 bits per heavy atom. The first-order valence-electron chi connectivity index (χ1n) is 14.4. The van der Waals surface area contributed by atoms with Crippen LogP contribution in [0.1, 0.15) is 105 Å². The molecule has 6 aliphatic rings. The van der Waals surface area contributed by atoms with E-state index in [1.165, 1.54) is 82.6 Å². The lowest BCUT2D eigenvalue weighted by Crippen LogP contribution is -2.56. The monoisotopic (exact) mass is 462 g/mol. The van der Waals surface area contributed by atoms with E-state index in [9.17, 15) is 9.90 Å². The van der Waals surface area contributed by atoms with Crippen LogP contribution in [0.5, 0.6) is 0 Å². The topological polar surface area (TPSA) is 52.3 Å². The fraction of sp³-hybridized carbons (Fsp3) is 0.767. The highest BCUT2D eigenvalue weighted by atomic mass is 16.3. The summed E-state index contributed by atoms with van der Waals surface area (Å²) in [6.07, 6.45) is 18.5. The van der Waals surface area contributed by atoms with Crippen LogP contribution in [0.4, 0.5) is 0 Å². The largest absolute Gasteiger partial charge is 0.374 e. The Balaban J connectivity index is 1.14. The molecule has 34 heavy (non-hydrogen) atoms. The van der Waals surface area contributed by atoms with Gasteiger partial charge in [-0.1, -0.05) is 49.9 Å². The average Bonchev–Trinajstić information content (AvgIpc) is 3.41.